The summed E-state index contributed by atoms with van der Waals surface area (Å²) in [5.41, 5.74) is 2.57. The molecular weight excluding hydrogens is 420 g/mol. The standard InChI is InChI=1S/C21H24N4O3S2/c1-14(15-5-3-2-4-6-15)23-21(26)24-16-7-9-17(10-8-16)30(27,28)13-20-25-18-11-22-12-19(18)29-20/h3,5-10,14,22H,2,4,11-13H2,1H3,(H2,23,24,26). The number of allylic oxidation sites excluding steroid dienone is 2. The topological polar surface area (TPSA) is 100 Å². The highest BCUT2D eigenvalue weighted by molar-refractivity contribution is 7.90. The third kappa shape index (κ3) is 4.80. The van der Waals surface area contributed by atoms with Crippen LogP contribution < -0.4 is 16.0 Å². The SMILES string of the molecule is CC(NC(=O)Nc1ccc(S(=O)(=O)Cc2nc3c(s2)CNC3)cc1)C1=CCCC=C1. The maximum absolute atomic E-state index is 12.7. The second kappa shape index (κ2) is 8.71. The van der Waals surface area contributed by atoms with Crippen LogP contribution in [0, 0.1) is 0 Å². The third-order valence-corrected chi connectivity index (χ3v) is 7.98. The smallest absolute Gasteiger partial charge is 0.319 e. The third-order valence-electron chi connectivity index (χ3n) is 5.06. The van der Waals surface area contributed by atoms with Gasteiger partial charge in [-0.25, -0.2) is 18.2 Å². The monoisotopic (exact) mass is 444 g/mol. The number of hydrogen-bond acceptors (Lipinski definition) is 6. The van der Waals surface area contributed by atoms with Gasteiger partial charge in [0.2, 0.25) is 0 Å². The molecule has 0 fully saturated rings. The predicted octanol–water partition coefficient (Wildman–Crippen LogP) is 3.51. The summed E-state index contributed by atoms with van der Waals surface area (Å²) in [6, 6.07) is 5.80. The summed E-state index contributed by atoms with van der Waals surface area (Å²) < 4.78 is 25.4. The molecule has 2 amide bonds. The quantitative estimate of drug-likeness (QED) is 0.633. The summed E-state index contributed by atoms with van der Waals surface area (Å²) in [5, 5.41) is 9.46. The summed E-state index contributed by atoms with van der Waals surface area (Å²) in [6.07, 6.45) is 8.26. The number of fused-ring (bicyclic) bond motifs is 1. The van der Waals surface area contributed by atoms with Crippen LogP contribution >= 0.6 is 11.3 Å². The van der Waals surface area contributed by atoms with Gasteiger partial charge in [0.1, 0.15) is 10.8 Å². The van der Waals surface area contributed by atoms with Gasteiger partial charge in [0.15, 0.2) is 9.84 Å². The zero-order chi connectivity index (χ0) is 21.1. The van der Waals surface area contributed by atoms with Crippen molar-refractivity contribution in [2.45, 2.75) is 49.5 Å². The first-order valence-corrected chi connectivity index (χ1v) is 12.3. The summed E-state index contributed by atoms with van der Waals surface area (Å²) in [5.74, 6) is -0.113. The number of rotatable bonds is 6. The molecule has 2 aliphatic rings. The molecule has 0 bridgehead atoms. The van der Waals surface area contributed by atoms with Crippen LogP contribution in [0.5, 0.6) is 0 Å². The Bertz CT molecular complexity index is 1080. The van der Waals surface area contributed by atoms with E-state index in [1.54, 1.807) is 12.1 Å². The molecule has 1 aliphatic heterocycles. The Balaban J connectivity index is 1.36. The largest absolute Gasteiger partial charge is 0.331 e. The molecule has 2 heterocycles. The second-order valence-corrected chi connectivity index (χ2v) is 10.5. The highest BCUT2D eigenvalue weighted by Crippen LogP contribution is 2.26. The van der Waals surface area contributed by atoms with E-state index >= 15 is 0 Å². The molecule has 0 radical (unpaired) electrons. The van der Waals surface area contributed by atoms with Gasteiger partial charge in [-0.3, -0.25) is 0 Å². The molecule has 7 nitrogen and oxygen atoms in total. The van der Waals surface area contributed by atoms with Crippen molar-refractivity contribution in [3.63, 3.8) is 0 Å². The van der Waals surface area contributed by atoms with Crippen molar-refractivity contribution >= 4 is 32.9 Å². The van der Waals surface area contributed by atoms with Crippen molar-refractivity contribution in [1.29, 1.82) is 0 Å². The Hall–Kier alpha value is -2.49. The van der Waals surface area contributed by atoms with E-state index in [0.29, 0.717) is 17.2 Å². The molecule has 0 saturated carbocycles. The molecule has 1 unspecified atom stereocenters. The Morgan fingerprint density at radius 1 is 1.23 bits per heavy atom. The molecule has 0 saturated heterocycles. The maximum atomic E-state index is 12.7. The molecule has 4 rings (SSSR count). The Kier molecular flexibility index (Phi) is 6.03. The van der Waals surface area contributed by atoms with Crippen molar-refractivity contribution in [3.05, 3.63) is 63.6 Å². The maximum Gasteiger partial charge on any atom is 0.319 e. The van der Waals surface area contributed by atoms with E-state index in [1.807, 2.05) is 13.0 Å². The van der Waals surface area contributed by atoms with Crippen molar-refractivity contribution in [2.24, 2.45) is 0 Å². The lowest BCUT2D eigenvalue weighted by atomic mass is 10.0. The zero-order valence-corrected chi connectivity index (χ0v) is 18.3. The van der Waals surface area contributed by atoms with Crippen LogP contribution in [0.1, 0.15) is 35.3 Å². The molecule has 3 N–H and O–H groups in total. The number of urea groups is 1. The number of nitrogens with one attached hydrogen (secondary N) is 3. The normalized spacial score (nSPS) is 16.6. The van der Waals surface area contributed by atoms with Crippen LogP contribution in [0.15, 0.2) is 53.0 Å². The van der Waals surface area contributed by atoms with Crippen LogP contribution in [0.4, 0.5) is 10.5 Å². The van der Waals surface area contributed by atoms with Crippen molar-refractivity contribution in [1.82, 2.24) is 15.6 Å². The number of hydrogen-bond donors (Lipinski definition) is 3. The molecule has 1 atom stereocenters. The zero-order valence-electron chi connectivity index (χ0n) is 16.6. The van der Waals surface area contributed by atoms with Gasteiger partial charge in [0.25, 0.3) is 0 Å². The lowest BCUT2D eigenvalue weighted by Gasteiger charge is -2.18. The van der Waals surface area contributed by atoms with Crippen molar-refractivity contribution in [3.8, 4) is 0 Å². The number of benzene rings is 1. The number of carbonyl (C=O) groups is 1. The van der Waals surface area contributed by atoms with Gasteiger partial charge < -0.3 is 16.0 Å². The fourth-order valence-electron chi connectivity index (χ4n) is 3.46. The van der Waals surface area contributed by atoms with Gasteiger partial charge >= 0.3 is 6.03 Å². The van der Waals surface area contributed by atoms with Gasteiger partial charge in [-0.1, -0.05) is 18.2 Å². The van der Waals surface area contributed by atoms with E-state index in [0.717, 1.165) is 35.5 Å². The average Bonchev–Trinajstić information content (AvgIpc) is 3.30. The highest BCUT2D eigenvalue weighted by Gasteiger charge is 2.22. The molecule has 158 valence electrons. The average molecular weight is 445 g/mol. The lowest BCUT2D eigenvalue weighted by molar-refractivity contribution is 0.250. The van der Waals surface area contributed by atoms with Crippen LogP contribution in [0.2, 0.25) is 0 Å². The molecule has 2 aromatic rings. The van der Waals surface area contributed by atoms with E-state index in [1.165, 1.54) is 23.5 Å². The minimum Gasteiger partial charge on any atom is -0.331 e. The van der Waals surface area contributed by atoms with Gasteiger partial charge in [-0.2, -0.15) is 0 Å². The van der Waals surface area contributed by atoms with Crippen LogP contribution in [-0.2, 0) is 28.7 Å². The first kappa shape index (κ1) is 20.8. The lowest BCUT2D eigenvalue weighted by Crippen LogP contribution is -2.37. The Morgan fingerprint density at radius 2 is 2.03 bits per heavy atom. The predicted molar refractivity (Wildman–Crippen MR) is 118 cm³/mol. The van der Waals surface area contributed by atoms with Gasteiger partial charge in [0, 0.05) is 23.7 Å². The van der Waals surface area contributed by atoms with Crippen molar-refractivity contribution < 1.29 is 13.2 Å². The van der Waals surface area contributed by atoms with Crippen LogP contribution in [-0.4, -0.2) is 25.5 Å². The molecule has 0 spiro atoms. The van der Waals surface area contributed by atoms with E-state index in [2.05, 4.69) is 33.1 Å². The van der Waals surface area contributed by atoms with Crippen molar-refractivity contribution in [2.75, 3.05) is 5.32 Å². The molecule has 30 heavy (non-hydrogen) atoms. The number of amides is 2. The number of carbonyl (C=O) groups excluding carboxylic acids is 1. The van der Waals surface area contributed by atoms with Crippen LogP contribution in [0.3, 0.4) is 0 Å². The van der Waals surface area contributed by atoms with Gasteiger partial charge in [-0.05, 0) is 49.6 Å². The highest BCUT2D eigenvalue weighted by atomic mass is 32.2. The molecule has 1 aromatic heterocycles. The summed E-state index contributed by atoms with van der Waals surface area (Å²) in [4.78, 5) is 18.0. The minimum atomic E-state index is -3.50. The van der Waals surface area contributed by atoms with Gasteiger partial charge in [-0.15, -0.1) is 11.3 Å². The first-order chi connectivity index (χ1) is 14.4. The molecular formula is C21H24N4O3S2. The van der Waals surface area contributed by atoms with Gasteiger partial charge in [0.05, 0.1) is 16.6 Å². The number of aromatic nitrogens is 1. The van der Waals surface area contributed by atoms with E-state index in [9.17, 15) is 13.2 Å². The fraction of sp³-hybridized carbons (Fsp3) is 0.333. The summed E-state index contributed by atoms with van der Waals surface area (Å²) >= 11 is 1.45. The molecule has 9 heteroatoms. The minimum absolute atomic E-state index is 0.101. The van der Waals surface area contributed by atoms with E-state index in [-0.39, 0.29) is 22.7 Å². The van der Waals surface area contributed by atoms with E-state index < -0.39 is 9.84 Å². The number of nitrogens with zero attached hydrogens (tertiary/aromatic N) is 1. The van der Waals surface area contributed by atoms with Crippen LogP contribution in [0.25, 0.3) is 0 Å². The van der Waals surface area contributed by atoms with E-state index in [4.69, 9.17) is 0 Å². The molecule has 1 aromatic carbocycles. The summed E-state index contributed by atoms with van der Waals surface area (Å²) in [7, 11) is -3.50. The Morgan fingerprint density at radius 3 is 2.73 bits per heavy atom. The number of sulfone groups is 1. The number of anilines is 1. The molecule has 1 aliphatic carbocycles. The second-order valence-electron chi connectivity index (χ2n) is 7.37. The fourth-order valence-corrected chi connectivity index (χ4v) is 6.12. The summed E-state index contributed by atoms with van der Waals surface area (Å²) in [6.45, 7) is 3.38. The Labute approximate surface area is 180 Å². The number of thiazole rings is 1. The first-order valence-electron chi connectivity index (χ1n) is 9.86.